The molecular formula is C13H10O2S2. The van der Waals surface area contributed by atoms with Gasteiger partial charge in [0.15, 0.2) is 0 Å². The molecule has 2 aromatic heterocycles. The maximum absolute atomic E-state index is 11.7. The van der Waals surface area contributed by atoms with Gasteiger partial charge in [-0.1, -0.05) is 6.07 Å². The normalized spacial score (nSPS) is 16.9. The fourth-order valence-electron chi connectivity index (χ4n) is 2.09. The Labute approximate surface area is 107 Å². The van der Waals surface area contributed by atoms with Crippen molar-refractivity contribution in [3.63, 3.8) is 0 Å². The molecule has 0 N–H and O–H groups in total. The van der Waals surface area contributed by atoms with Crippen LogP contribution in [0, 0.1) is 0 Å². The average molecular weight is 262 g/mol. The third-order valence-electron chi connectivity index (χ3n) is 2.94. The van der Waals surface area contributed by atoms with E-state index in [1.807, 2.05) is 23.6 Å². The number of carbonyl (C=O) groups is 2. The Kier molecular flexibility index (Phi) is 2.68. The Bertz CT molecular complexity index is 550. The molecular weight excluding hydrogens is 252 g/mol. The Hall–Kier alpha value is -1.26. The van der Waals surface area contributed by atoms with Crippen LogP contribution in [0.1, 0.15) is 23.6 Å². The highest BCUT2D eigenvalue weighted by Gasteiger charge is 2.35. The van der Waals surface area contributed by atoms with Crippen LogP contribution < -0.4 is 0 Å². The lowest BCUT2D eigenvalue weighted by molar-refractivity contribution is -0.123. The first kappa shape index (κ1) is 10.9. The summed E-state index contributed by atoms with van der Waals surface area (Å²) in [5.41, 5.74) is 0. The quantitative estimate of drug-likeness (QED) is 0.776. The van der Waals surface area contributed by atoms with E-state index in [0.29, 0.717) is 12.8 Å². The molecule has 0 saturated heterocycles. The average Bonchev–Trinajstić information content (AvgIpc) is 2.98. The monoisotopic (exact) mass is 262 g/mol. The lowest BCUT2D eigenvalue weighted by atomic mass is 10.0. The van der Waals surface area contributed by atoms with E-state index in [2.05, 4.69) is 6.07 Å². The summed E-state index contributed by atoms with van der Waals surface area (Å²) in [6, 6.07) is 7.99. The van der Waals surface area contributed by atoms with Crippen LogP contribution in [0.25, 0.3) is 9.75 Å². The van der Waals surface area contributed by atoms with Gasteiger partial charge >= 0.3 is 0 Å². The van der Waals surface area contributed by atoms with Gasteiger partial charge in [-0.05, 0) is 23.6 Å². The first-order valence-electron chi connectivity index (χ1n) is 5.45. The third-order valence-corrected chi connectivity index (χ3v) is 5.15. The van der Waals surface area contributed by atoms with E-state index in [4.69, 9.17) is 0 Å². The first-order valence-corrected chi connectivity index (χ1v) is 7.14. The van der Waals surface area contributed by atoms with Crippen molar-refractivity contribution in [2.75, 3.05) is 0 Å². The second-order valence-corrected chi connectivity index (χ2v) is 6.11. The van der Waals surface area contributed by atoms with Crippen LogP contribution in [0.3, 0.4) is 0 Å². The molecule has 1 aliphatic carbocycles. The summed E-state index contributed by atoms with van der Waals surface area (Å²) in [4.78, 5) is 26.6. The van der Waals surface area contributed by atoms with Crippen molar-refractivity contribution in [2.24, 2.45) is 0 Å². The van der Waals surface area contributed by atoms with Crippen LogP contribution in [-0.4, -0.2) is 11.6 Å². The Morgan fingerprint density at radius 3 is 2.41 bits per heavy atom. The summed E-state index contributed by atoms with van der Waals surface area (Å²) >= 11 is 3.24. The van der Waals surface area contributed by atoms with Crippen LogP contribution in [0.15, 0.2) is 29.6 Å². The lowest BCUT2D eigenvalue weighted by Gasteiger charge is -2.01. The number of rotatable bonds is 2. The molecule has 0 spiro atoms. The summed E-state index contributed by atoms with van der Waals surface area (Å²) in [5.74, 6) is -0.321. The molecule has 17 heavy (non-hydrogen) atoms. The maximum Gasteiger partial charge on any atom is 0.149 e. The highest BCUT2D eigenvalue weighted by Crippen LogP contribution is 2.38. The van der Waals surface area contributed by atoms with E-state index in [-0.39, 0.29) is 11.6 Å². The standard InChI is InChI=1S/C13H10O2S2/c14-8-3-4-9(15)13(8)12-6-5-11(17-12)10-2-1-7-16-10/h1-2,5-7,13H,3-4H2. The maximum atomic E-state index is 11.7. The summed E-state index contributed by atoms with van der Waals surface area (Å²) in [5, 5.41) is 2.03. The van der Waals surface area contributed by atoms with Crippen LogP contribution >= 0.6 is 22.7 Å². The molecule has 3 rings (SSSR count). The van der Waals surface area contributed by atoms with E-state index < -0.39 is 5.92 Å². The highest BCUT2D eigenvalue weighted by atomic mass is 32.1. The van der Waals surface area contributed by atoms with Crippen molar-refractivity contribution in [3.05, 3.63) is 34.5 Å². The van der Waals surface area contributed by atoms with Gasteiger partial charge < -0.3 is 0 Å². The van der Waals surface area contributed by atoms with Gasteiger partial charge in [-0.3, -0.25) is 9.59 Å². The zero-order valence-electron chi connectivity index (χ0n) is 9.01. The molecule has 2 aromatic rings. The molecule has 0 atom stereocenters. The van der Waals surface area contributed by atoms with Gasteiger partial charge in [0.2, 0.25) is 0 Å². The molecule has 86 valence electrons. The zero-order chi connectivity index (χ0) is 11.8. The van der Waals surface area contributed by atoms with E-state index in [9.17, 15) is 9.59 Å². The van der Waals surface area contributed by atoms with E-state index in [0.717, 1.165) is 9.75 Å². The number of Topliss-reactive ketones (excluding diaryl/α,β-unsaturated/α-hetero) is 2. The molecule has 2 nitrogen and oxygen atoms in total. The van der Waals surface area contributed by atoms with Gasteiger partial charge in [-0.25, -0.2) is 0 Å². The molecule has 0 radical (unpaired) electrons. The third kappa shape index (κ3) is 1.87. The molecule has 0 aromatic carbocycles. The second kappa shape index (κ2) is 4.20. The van der Waals surface area contributed by atoms with Gasteiger partial charge in [0, 0.05) is 27.5 Å². The molecule has 0 bridgehead atoms. The van der Waals surface area contributed by atoms with Gasteiger partial charge in [0.05, 0.1) is 0 Å². The number of hydrogen-bond acceptors (Lipinski definition) is 4. The van der Waals surface area contributed by atoms with Gasteiger partial charge in [0.1, 0.15) is 17.5 Å². The molecule has 2 heterocycles. The molecule has 4 heteroatoms. The molecule has 1 aliphatic rings. The lowest BCUT2D eigenvalue weighted by Crippen LogP contribution is -2.09. The summed E-state index contributed by atoms with van der Waals surface area (Å²) < 4.78 is 0. The molecule has 1 fully saturated rings. The molecule has 0 aliphatic heterocycles. The van der Waals surface area contributed by atoms with E-state index in [1.165, 1.54) is 4.88 Å². The minimum absolute atomic E-state index is 0.0783. The first-order chi connectivity index (χ1) is 8.25. The van der Waals surface area contributed by atoms with Crippen molar-refractivity contribution in [3.8, 4) is 9.75 Å². The SMILES string of the molecule is O=C1CCC(=O)C1c1ccc(-c2cccs2)s1. The Morgan fingerprint density at radius 2 is 1.76 bits per heavy atom. The smallest absolute Gasteiger partial charge is 0.149 e. The number of carbonyl (C=O) groups excluding carboxylic acids is 2. The summed E-state index contributed by atoms with van der Waals surface area (Å²) in [6.45, 7) is 0. The second-order valence-electron chi connectivity index (χ2n) is 4.04. The van der Waals surface area contributed by atoms with Gasteiger partial charge in [-0.15, -0.1) is 22.7 Å². The van der Waals surface area contributed by atoms with Crippen molar-refractivity contribution in [1.29, 1.82) is 0 Å². The topological polar surface area (TPSA) is 34.1 Å². The van der Waals surface area contributed by atoms with Crippen molar-refractivity contribution in [1.82, 2.24) is 0 Å². The van der Waals surface area contributed by atoms with Gasteiger partial charge in [0.25, 0.3) is 0 Å². The minimum atomic E-state index is -0.478. The van der Waals surface area contributed by atoms with E-state index >= 15 is 0 Å². The zero-order valence-corrected chi connectivity index (χ0v) is 10.6. The van der Waals surface area contributed by atoms with Crippen LogP contribution in [-0.2, 0) is 9.59 Å². The fourth-order valence-corrected chi connectivity index (χ4v) is 4.08. The predicted octanol–water partition coefficient (Wildman–Crippen LogP) is 3.49. The van der Waals surface area contributed by atoms with Crippen molar-refractivity contribution < 1.29 is 9.59 Å². The number of hydrogen-bond donors (Lipinski definition) is 0. The van der Waals surface area contributed by atoms with Crippen LogP contribution in [0.2, 0.25) is 0 Å². The molecule has 0 amide bonds. The Morgan fingerprint density at radius 1 is 1.00 bits per heavy atom. The van der Waals surface area contributed by atoms with Crippen molar-refractivity contribution in [2.45, 2.75) is 18.8 Å². The summed E-state index contributed by atoms with van der Waals surface area (Å²) in [6.07, 6.45) is 0.825. The largest absolute Gasteiger partial charge is 0.298 e. The highest BCUT2D eigenvalue weighted by molar-refractivity contribution is 7.21. The number of thiophene rings is 2. The van der Waals surface area contributed by atoms with Crippen molar-refractivity contribution >= 4 is 34.2 Å². The Balaban J connectivity index is 1.95. The minimum Gasteiger partial charge on any atom is -0.298 e. The van der Waals surface area contributed by atoms with E-state index in [1.54, 1.807) is 22.7 Å². The predicted molar refractivity (Wildman–Crippen MR) is 69.6 cm³/mol. The molecule has 1 saturated carbocycles. The fraction of sp³-hybridized carbons (Fsp3) is 0.231. The molecule has 0 unspecified atom stereocenters. The van der Waals surface area contributed by atoms with Crippen LogP contribution in [0.4, 0.5) is 0 Å². The summed E-state index contributed by atoms with van der Waals surface area (Å²) in [7, 11) is 0. The van der Waals surface area contributed by atoms with Crippen LogP contribution in [0.5, 0.6) is 0 Å². The van der Waals surface area contributed by atoms with Gasteiger partial charge in [-0.2, -0.15) is 0 Å². The number of ketones is 2.